The lowest BCUT2D eigenvalue weighted by atomic mass is 9.72. The monoisotopic (exact) mass is 483 g/mol. The Bertz CT molecular complexity index is 619. The topological polar surface area (TPSA) is 106 Å². The van der Waals surface area contributed by atoms with Gasteiger partial charge < -0.3 is 26.0 Å². The highest BCUT2D eigenvalue weighted by Gasteiger charge is 2.53. The third-order valence-corrected chi connectivity index (χ3v) is 9.00. The van der Waals surface area contributed by atoms with Crippen molar-refractivity contribution >= 4 is 0 Å². The molecule has 0 amide bonds. The summed E-state index contributed by atoms with van der Waals surface area (Å²) in [6.07, 6.45) is 5.20. The highest BCUT2D eigenvalue weighted by Crippen LogP contribution is 2.42. The zero-order chi connectivity index (χ0) is 25.0. The van der Waals surface area contributed by atoms with E-state index in [1.807, 2.05) is 0 Å². The molecule has 0 aromatic rings. The molecule has 0 aromatic heterocycles. The molecule has 0 spiro atoms. The maximum atomic E-state index is 11.1. The van der Waals surface area contributed by atoms with Crippen LogP contribution in [-0.2, 0) is 4.74 Å². The van der Waals surface area contributed by atoms with Crippen LogP contribution in [0.4, 0.5) is 0 Å². The summed E-state index contributed by atoms with van der Waals surface area (Å²) in [5.74, 6) is 0. The lowest BCUT2D eigenvalue weighted by molar-refractivity contribution is -0.127. The fourth-order valence-corrected chi connectivity index (χ4v) is 6.71. The Labute approximate surface area is 208 Å². The van der Waals surface area contributed by atoms with Crippen molar-refractivity contribution in [3.63, 3.8) is 0 Å². The summed E-state index contributed by atoms with van der Waals surface area (Å²) in [4.78, 5) is 4.85. The zero-order valence-electron chi connectivity index (χ0n) is 22.5. The van der Waals surface area contributed by atoms with E-state index in [9.17, 15) is 10.2 Å². The fraction of sp³-hybridized carbons (Fsp3) is 1.00. The van der Waals surface area contributed by atoms with Crippen LogP contribution in [-0.4, -0.2) is 94.6 Å². The molecular weight excluding hydrogens is 430 g/mol. The maximum absolute atomic E-state index is 11.1. The molecule has 0 aliphatic carbocycles. The summed E-state index contributed by atoms with van der Waals surface area (Å²) in [6.45, 7) is 15.3. The van der Waals surface area contributed by atoms with Crippen LogP contribution in [0.25, 0.3) is 0 Å². The zero-order valence-corrected chi connectivity index (χ0v) is 22.5. The SMILES string of the molecule is CCCC1CCC(CC)(CC)CC(N)C2NCN(C3OC(CNC(C)C)C(O)C3O)C2N1CC. The number of nitrogens with zero attached hydrogens (tertiary/aromatic N) is 2. The summed E-state index contributed by atoms with van der Waals surface area (Å²) < 4.78 is 6.34. The van der Waals surface area contributed by atoms with E-state index in [-0.39, 0.29) is 23.7 Å². The molecule has 3 heterocycles. The van der Waals surface area contributed by atoms with E-state index >= 15 is 0 Å². The average molecular weight is 484 g/mol. The number of nitrogens with one attached hydrogen (secondary N) is 2. The molecule has 3 rings (SSSR count). The Kier molecular flexibility index (Phi) is 10.2. The molecule has 8 heteroatoms. The number of aliphatic hydroxyl groups is 2. The maximum Gasteiger partial charge on any atom is 0.142 e. The largest absolute Gasteiger partial charge is 0.387 e. The smallest absolute Gasteiger partial charge is 0.142 e. The molecule has 200 valence electrons. The van der Waals surface area contributed by atoms with Crippen molar-refractivity contribution < 1.29 is 14.9 Å². The van der Waals surface area contributed by atoms with Crippen LogP contribution >= 0.6 is 0 Å². The molecule has 0 bridgehead atoms. The Morgan fingerprint density at radius 3 is 2.44 bits per heavy atom. The summed E-state index contributed by atoms with van der Waals surface area (Å²) in [7, 11) is 0. The van der Waals surface area contributed by atoms with E-state index < -0.39 is 24.5 Å². The summed E-state index contributed by atoms with van der Waals surface area (Å²) in [5, 5.41) is 28.9. The molecule has 6 N–H and O–H groups in total. The Balaban J connectivity index is 1.91. The van der Waals surface area contributed by atoms with Gasteiger partial charge in [-0.1, -0.05) is 60.8 Å². The number of likely N-dealkylation sites (N-methyl/N-ethyl adjacent to an activating group) is 1. The first-order valence-electron chi connectivity index (χ1n) is 14.0. The van der Waals surface area contributed by atoms with Crippen LogP contribution in [0, 0.1) is 5.41 Å². The molecule has 0 radical (unpaired) electrons. The summed E-state index contributed by atoms with van der Waals surface area (Å²) in [6, 6.07) is 0.872. The van der Waals surface area contributed by atoms with Gasteiger partial charge in [-0.25, -0.2) is 4.90 Å². The van der Waals surface area contributed by atoms with Gasteiger partial charge in [0.15, 0.2) is 0 Å². The van der Waals surface area contributed by atoms with Crippen molar-refractivity contribution in [3.8, 4) is 0 Å². The van der Waals surface area contributed by atoms with Crippen LogP contribution in [0.5, 0.6) is 0 Å². The number of aliphatic hydroxyl groups excluding tert-OH is 2. The van der Waals surface area contributed by atoms with E-state index in [0.29, 0.717) is 25.3 Å². The van der Waals surface area contributed by atoms with Gasteiger partial charge in [-0.05, 0) is 37.6 Å². The second kappa shape index (κ2) is 12.3. The van der Waals surface area contributed by atoms with Gasteiger partial charge >= 0.3 is 0 Å². The van der Waals surface area contributed by atoms with E-state index in [1.165, 1.54) is 12.8 Å². The number of ether oxygens (including phenoxy) is 1. The predicted molar refractivity (Wildman–Crippen MR) is 137 cm³/mol. The molecule has 34 heavy (non-hydrogen) atoms. The van der Waals surface area contributed by atoms with Gasteiger partial charge in [0.25, 0.3) is 0 Å². The number of hydrogen-bond donors (Lipinski definition) is 5. The minimum Gasteiger partial charge on any atom is -0.387 e. The van der Waals surface area contributed by atoms with Gasteiger partial charge in [0.05, 0.1) is 18.9 Å². The van der Waals surface area contributed by atoms with Gasteiger partial charge in [-0.15, -0.1) is 0 Å². The van der Waals surface area contributed by atoms with Crippen molar-refractivity contribution in [1.29, 1.82) is 0 Å². The number of nitrogens with two attached hydrogens (primary N) is 1. The van der Waals surface area contributed by atoms with Gasteiger partial charge in [0.1, 0.15) is 24.5 Å². The summed E-state index contributed by atoms with van der Waals surface area (Å²) >= 11 is 0. The lowest BCUT2D eigenvalue weighted by Crippen LogP contribution is -2.61. The van der Waals surface area contributed by atoms with Crippen molar-refractivity contribution in [1.82, 2.24) is 20.4 Å². The van der Waals surface area contributed by atoms with E-state index in [1.54, 1.807) is 0 Å². The number of rotatable bonds is 9. The fourth-order valence-electron chi connectivity index (χ4n) is 6.71. The number of hydrogen-bond acceptors (Lipinski definition) is 8. The van der Waals surface area contributed by atoms with Crippen molar-refractivity contribution in [2.45, 2.75) is 141 Å². The minimum absolute atomic E-state index is 0.0196. The molecule has 3 saturated heterocycles. The quantitative estimate of drug-likeness (QED) is 0.338. The van der Waals surface area contributed by atoms with Crippen molar-refractivity contribution in [2.75, 3.05) is 19.8 Å². The van der Waals surface area contributed by atoms with Gasteiger partial charge in [-0.2, -0.15) is 0 Å². The molecule has 3 aliphatic heterocycles. The third kappa shape index (κ3) is 5.80. The minimum atomic E-state index is -0.947. The number of fused-ring (bicyclic) bond motifs is 1. The molecule has 8 atom stereocenters. The molecule has 0 aromatic carbocycles. The second-order valence-corrected chi connectivity index (χ2v) is 11.3. The molecular formula is C26H53N5O3. The highest BCUT2D eigenvalue weighted by molar-refractivity contribution is 5.04. The van der Waals surface area contributed by atoms with Crippen LogP contribution in [0.1, 0.15) is 86.5 Å². The second-order valence-electron chi connectivity index (χ2n) is 11.3. The molecule has 3 fully saturated rings. The lowest BCUT2D eigenvalue weighted by Gasteiger charge is -2.44. The standard InChI is InChI=1S/C26H53N5O3/c1-7-11-18-12-13-26(8-2,9-3)14-19(27)21-24(30(18)10-4)31(16-29-21)25-23(33)22(32)20(34-25)15-28-17(5)6/h17-25,28-29,32-33H,7-16,27H2,1-6H3. The normalized spacial score (nSPS) is 39.7. The van der Waals surface area contributed by atoms with Crippen molar-refractivity contribution in [2.24, 2.45) is 11.1 Å². The Morgan fingerprint density at radius 1 is 1.15 bits per heavy atom. The molecule has 8 nitrogen and oxygen atoms in total. The first-order valence-corrected chi connectivity index (χ1v) is 14.0. The predicted octanol–water partition coefficient (Wildman–Crippen LogP) is 1.80. The first kappa shape index (κ1) is 28.3. The van der Waals surface area contributed by atoms with E-state index in [2.05, 4.69) is 62.0 Å². The van der Waals surface area contributed by atoms with Crippen LogP contribution in [0.3, 0.4) is 0 Å². The summed E-state index contributed by atoms with van der Waals surface area (Å²) in [5.41, 5.74) is 7.25. The van der Waals surface area contributed by atoms with Crippen LogP contribution in [0.15, 0.2) is 0 Å². The average Bonchev–Trinajstić information content (AvgIpc) is 3.37. The van der Waals surface area contributed by atoms with Gasteiger partial charge in [0.2, 0.25) is 0 Å². The first-order chi connectivity index (χ1) is 16.2. The highest BCUT2D eigenvalue weighted by atomic mass is 16.6. The van der Waals surface area contributed by atoms with Crippen LogP contribution < -0.4 is 16.4 Å². The molecule has 8 unspecified atom stereocenters. The van der Waals surface area contributed by atoms with Gasteiger partial charge in [0, 0.05) is 24.7 Å². The molecule has 0 saturated carbocycles. The molecule has 3 aliphatic rings. The van der Waals surface area contributed by atoms with Crippen LogP contribution in [0.2, 0.25) is 0 Å². The van der Waals surface area contributed by atoms with Crippen molar-refractivity contribution in [3.05, 3.63) is 0 Å². The third-order valence-electron chi connectivity index (χ3n) is 9.00. The Hall–Kier alpha value is -0.320. The van der Waals surface area contributed by atoms with E-state index in [0.717, 1.165) is 38.6 Å². The Morgan fingerprint density at radius 2 is 1.85 bits per heavy atom. The van der Waals surface area contributed by atoms with Gasteiger partial charge in [-0.3, -0.25) is 10.2 Å². The van der Waals surface area contributed by atoms with E-state index in [4.69, 9.17) is 10.5 Å².